The minimum atomic E-state index is -3.49. The fourth-order valence-electron chi connectivity index (χ4n) is 2.92. The first kappa shape index (κ1) is 16.2. The van der Waals surface area contributed by atoms with Gasteiger partial charge in [0.25, 0.3) is 0 Å². The van der Waals surface area contributed by atoms with E-state index in [2.05, 4.69) is 4.90 Å². The van der Waals surface area contributed by atoms with Crippen LogP contribution in [0.15, 0.2) is 41.3 Å². The Morgan fingerprint density at radius 1 is 1.00 bits per heavy atom. The summed E-state index contributed by atoms with van der Waals surface area (Å²) in [5.74, 6) is 0.723. The van der Waals surface area contributed by atoms with Crippen molar-refractivity contribution < 1.29 is 13.2 Å². The molecule has 0 amide bonds. The maximum Gasteiger partial charge on any atom is 0.243 e. The Hall–Kier alpha value is -1.63. The van der Waals surface area contributed by atoms with Crippen molar-refractivity contribution >= 4 is 20.8 Å². The van der Waals surface area contributed by atoms with Crippen LogP contribution in [0.4, 0.5) is 0 Å². The molecular formula is C17H22N2O3S. The van der Waals surface area contributed by atoms with E-state index in [0.29, 0.717) is 24.6 Å². The van der Waals surface area contributed by atoms with Gasteiger partial charge in [0, 0.05) is 37.0 Å². The van der Waals surface area contributed by atoms with Crippen LogP contribution in [0.25, 0.3) is 10.8 Å². The van der Waals surface area contributed by atoms with Crippen LogP contribution in [0.5, 0.6) is 5.75 Å². The van der Waals surface area contributed by atoms with Gasteiger partial charge < -0.3 is 9.64 Å². The molecule has 5 nitrogen and oxygen atoms in total. The molecule has 0 spiro atoms. The molecule has 3 rings (SSSR count). The predicted octanol–water partition coefficient (Wildman–Crippen LogP) is 2.17. The van der Waals surface area contributed by atoms with E-state index >= 15 is 0 Å². The number of nitrogens with zero attached hydrogens (tertiary/aromatic N) is 2. The van der Waals surface area contributed by atoms with E-state index in [1.807, 2.05) is 38.2 Å². The van der Waals surface area contributed by atoms with E-state index in [9.17, 15) is 8.42 Å². The Morgan fingerprint density at radius 3 is 2.30 bits per heavy atom. The molecule has 0 atom stereocenters. The quantitative estimate of drug-likeness (QED) is 0.860. The number of hydrogen-bond acceptors (Lipinski definition) is 4. The summed E-state index contributed by atoms with van der Waals surface area (Å²) in [4.78, 5) is 2.50. The Kier molecular flexibility index (Phi) is 4.57. The van der Waals surface area contributed by atoms with Crippen molar-refractivity contribution in [2.45, 2.75) is 11.8 Å². The average molecular weight is 334 g/mol. The number of hydrogen-bond donors (Lipinski definition) is 0. The molecule has 0 bridgehead atoms. The van der Waals surface area contributed by atoms with Crippen LogP contribution in [0.3, 0.4) is 0 Å². The molecule has 1 aliphatic heterocycles. The van der Waals surface area contributed by atoms with Gasteiger partial charge in [0.2, 0.25) is 10.0 Å². The summed E-state index contributed by atoms with van der Waals surface area (Å²) in [6.07, 6.45) is 0. The number of sulfonamides is 1. The zero-order chi connectivity index (χ0) is 16.4. The van der Waals surface area contributed by atoms with Gasteiger partial charge in [-0.25, -0.2) is 8.42 Å². The minimum absolute atomic E-state index is 0.362. The predicted molar refractivity (Wildman–Crippen MR) is 91.4 cm³/mol. The van der Waals surface area contributed by atoms with Crippen LogP contribution >= 0.6 is 0 Å². The van der Waals surface area contributed by atoms with Gasteiger partial charge in [0.05, 0.1) is 11.5 Å². The maximum absolute atomic E-state index is 13.0. The standard InChI is InChI=1S/C17H22N2O3S/c1-3-22-16-8-9-17(15-7-5-4-6-14(15)16)23(20,21)19-12-10-18(2)11-13-19/h4-9H,3,10-13H2,1-2H3. The molecule has 0 aliphatic carbocycles. The molecule has 1 aliphatic rings. The molecule has 0 radical (unpaired) electrons. The molecule has 0 aromatic heterocycles. The SMILES string of the molecule is CCOc1ccc(S(=O)(=O)N2CCN(C)CC2)c2ccccc12. The van der Waals surface area contributed by atoms with Crippen LogP contribution in [0, 0.1) is 0 Å². The number of benzene rings is 2. The number of rotatable bonds is 4. The van der Waals surface area contributed by atoms with Crippen LogP contribution in [-0.4, -0.2) is 57.5 Å². The molecule has 124 valence electrons. The highest BCUT2D eigenvalue weighted by molar-refractivity contribution is 7.89. The normalized spacial score (nSPS) is 17.5. The first-order valence-electron chi connectivity index (χ1n) is 7.87. The molecule has 0 saturated carbocycles. The van der Waals surface area contributed by atoms with Gasteiger partial charge >= 0.3 is 0 Å². The number of piperazine rings is 1. The zero-order valence-electron chi connectivity index (χ0n) is 13.5. The van der Waals surface area contributed by atoms with Crippen molar-refractivity contribution in [2.24, 2.45) is 0 Å². The Morgan fingerprint density at radius 2 is 1.65 bits per heavy atom. The third-order valence-corrected chi connectivity index (χ3v) is 6.18. The average Bonchev–Trinajstić information content (AvgIpc) is 2.55. The van der Waals surface area contributed by atoms with E-state index in [1.165, 1.54) is 0 Å². The molecule has 0 N–H and O–H groups in total. The Balaban J connectivity index is 2.07. The second-order valence-electron chi connectivity index (χ2n) is 5.75. The fraction of sp³-hybridized carbons (Fsp3) is 0.412. The molecule has 2 aromatic rings. The maximum atomic E-state index is 13.0. The smallest absolute Gasteiger partial charge is 0.243 e. The zero-order valence-corrected chi connectivity index (χ0v) is 14.3. The number of likely N-dealkylation sites (N-methyl/N-ethyl adjacent to an activating group) is 1. The van der Waals surface area contributed by atoms with Crippen molar-refractivity contribution in [3.8, 4) is 5.75 Å². The van der Waals surface area contributed by atoms with E-state index < -0.39 is 10.0 Å². The molecule has 2 aromatic carbocycles. The van der Waals surface area contributed by atoms with E-state index in [1.54, 1.807) is 16.4 Å². The second kappa shape index (κ2) is 6.47. The van der Waals surface area contributed by atoms with Gasteiger partial charge in [-0.2, -0.15) is 4.31 Å². The first-order chi connectivity index (χ1) is 11.0. The van der Waals surface area contributed by atoms with Gasteiger partial charge in [-0.05, 0) is 26.1 Å². The summed E-state index contributed by atoms with van der Waals surface area (Å²) in [5.41, 5.74) is 0. The highest BCUT2D eigenvalue weighted by Crippen LogP contribution is 2.32. The lowest BCUT2D eigenvalue weighted by atomic mass is 10.1. The molecule has 1 saturated heterocycles. The largest absolute Gasteiger partial charge is 0.493 e. The molecule has 1 heterocycles. The number of ether oxygens (including phenoxy) is 1. The first-order valence-corrected chi connectivity index (χ1v) is 9.31. The molecular weight excluding hydrogens is 312 g/mol. The molecule has 0 unspecified atom stereocenters. The van der Waals surface area contributed by atoms with Crippen LogP contribution in [0.2, 0.25) is 0 Å². The molecule has 1 fully saturated rings. The van der Waals surface area contributed by atoms with Gasteiger partial charge in [0.15, 0.2) is 0 Å². The lowest BCUT2D eigenvalue weighted by molar-refractivity contribution is 0.222. The van der Waals surface area contributed by atoms with E-state index in [4.69, 9.17) is 4.74 Å². The second-order valence-corrected chi connectivity index (χ2v) is 7.65. The van der Waals surface area contributed by atoms with Crippen molar-refractivity contribution in [2.75, 3.05) is 39.8 Å². The molecule has 6 heteroatoms. The summed E-state index contributed by atoms with van der Waals surface area (Å²) in [6.45, 7) is 5.04. The lowest BCUT2D eigenvalue weighted by Crippen LogP contribution is -2.47. The fourth-order valence-corrected chi connectivity index (χ4v) is 4.54. The van der Waals surface area contributed by atoms with E-state index in [-0.39, 0.29) is 0 Å². The Labute approximate surface area is 137 Å². The third-order valence-electron chi connectivity index (χ3n) is 4.22. The number of fused-ring (bicyclic) bond motifs is 1. The lowest BCUT2D eigenvalue weighted by Gasteiger charge is -2.31. The van der Waals surface area contributed by atoms with E-state index in [0.717, 1.165) is 29.6 Å². The van der Waals surface area contributed by atoms with Crippen molar-refractivity contribution in [1.82, 2.24) is 9.21 Å². The topological polar surface area (TPSA) is 49.9 Å². The van der Waals surface area contributed by atoms with Gasteiger partial charge in [-0.3, -0.25) is 0 Å². The van der Waals surface area contributed by atoms with Crippen LogP contribution < -0.4 is 4.74 Å². The minimum Gasteiger partial charge on any atom is -0.493 e. The van der Waals surface area contributed by atoms with Gasteiger partial charge in [-0.1, -0.05) is 24.3 Å². The van der Waals surface area contributed by atoms with Gasteiger partial charge in [0.1, 0.15) is 5.75 Å². The summed E-state index contributed by atoms with van der Waals surface area (Å²) >= 11 is 0. The van der Waals surface area contributed by atoms with Crippen molar-refractivity contribution in [3.63, 3.8) is 0 Å². The summed E-state index contributed by atoms with van der Waals surface area (Å²) in [7, 11) is -1.48. The highest BCUT2D eigenvalue weighted by atomic mass is 32.2. The summed E-state index contributed by atoms with van der Waals surface area (Å²) in [5, 5.41) is 1.56. The van der Waals surface area contributed by atoms with Crippen LogP contribution in [-0.2, 0) is 10.0 Å². The van der Waals surface area contributed by atoms with Crippen molar-refractivity contribution in [1.29, 1.82) is 0 Å². The Bertz CT molecular complexity index is 797. The third kappa shape index (κ3) is 3.06. The highest BCUT2D eigenvalue weighted by Gasteiger charge is 2.29. The molecule has 23 heavy (non-hydrogen) atoms. The summed E-state index contributed by atoms with van der Waals surface area (Å²) in [6, 6.07) is 10.9. The van der Waals surface area contributed by atoms with Crippen molar-refractivity contribution in [3.05, 3.63) is 36.4 Å². The van der Waals surface area contributed by atoms with Gasteiger partial charge in [-0.15, -0.1) is 0 Å². The summed E-state index contributed by atoms with van der Waals surface area (Å²) < 4.78 is 33.3. The van der Waals surface area contributed by atoms with Crippen LogP contribution in [0.1, 0.15) is 6.92 Å². The monoisotopic (exact) mass is 334 g/mol.